The average molecular weight is 357 g/mol. The number of carbonyl (C=O) groups is 1. The summed E-state index contributed by atoms with van der Waals surface area (Å²) < 4.78 is 27.3. The fraction of sp³-hybridized carbons (Fsp3) is 0.462. The molecule has 1 aromatic rings. The van der Waals surface area contributed by atoms with Crippen molar-refractivity contribution in [3.8, 4) is 0 Å². The molecule has 2 rings (SSSR count). The minimum Gasteiger partial charge on any atom is -0.346 e. The summed E-state index contributed by atoms with van der Waals surface area (Å²) in [6.07, 6.45) is 0.405. The maximum atomic E-state index is 13.0. The summed E-state index contributed by atoms with van der Waals surface area (Å²) in [5.74, 6) is -0.248. The number of nitro benzene ring substituents is 1. The van der Waals surface area contributed by atoms with Crippen molar-refractivity contribution in [1.29, 1.82) is 0 Å². The minimum atomic E-state index is -3.89. The van der Waals surface area contributed by atoms with E-state index in [-0.39, 0.29) is 16.5 Å². The molecule has 1 fully saturated rings. The highest BCUT2D eigenvalue weighted by molar-refractivity contribution is 7.90. The van der Waals surface area contributed by atoms with E-state index in [0.717, 1.165) is 12.1 Å². The Morgan fingerprint density at radius 2 is 1.78 bits per heavy atom. The molecule has 0 saturated carbocycles. The maximum Gasteiger partial charge on any atom is 0.269 e. The zero-order chi connectivity index (χ0) is 17.6. The van der Waals surface area contributed by atoms with E-state index in [2.05, 4.69) is 0 Å². The molecule has 1 aromatic carbocycles. The molecule has 1 saturated heterocycles. The molecule has 0 bridgehead atoms. The van der Waals surface area contributed by atoms with Crippen LogP contribution in [0.3, 0.4) is 0 Å². The summed E-state index contributed by atoms with van der Waals surface area (Å²) in [6, 6.07) is 3.96. The van der Waals surface area contributed by atoms with E-state index in [1.807, 2.05) is 13.1 Å². The van der Waals surface area contributed by atoms with Crippen LogP contribution in [0.4, 0.5) is 5.69 Å². The lowest BCUT2D eigenvalue weighted by atomic mass is 10.3. The van der Waals surface area contributed by atoms with Crippen molar-refractivity contribution in [3.05, 3.63) is 34.4 Å². The largest absolute Gasteiger partial charge is 0.346 e. The summed E-state index contributed by atoms with van der Waals surface area (Å²) in [7, 11) is -4.65. The van der Waals surface area contributed by atoms with Gasteiger partial charge in [-0.3, -0.25) is 14.9 Å². The molecule has 1 atom stereocenters. The number of hydrogen-bond donors (Lipinski definition) is 0. The third kappa shape index (κ3) is 3.01. The van der Waals surface area contributed by atoms with Crippen LogP contribution in [0.25, 0.3) is 0 Å². The Morgan fingerprint density at radius 1 is 1.26 bits per heavy atom. The molecular formula is C13H19N3O5SSi. The Kier molecular flexibility index (Phi) is 4.35. The third-order valence-electron chi connectivity index (χ3n) is 3.91. The molecule has 0 aromatic heterocycles. The predicted octanol–water partition coefficient (Wildman–Crippen LogP) is 1.19. The van der Waals surface area contributed by atoms with Crippen LogP contribution in [0.5, 0.6) is 0 Å². The van der Waals surface area contributed by atoms with Crippen LogP contribution in [-0.2, 0) is 14.8 Å². The lowest BCUT2D eigenvalue weighted by Crippen LogP contribution is -2.69. The van der Waals surface area contributed by atoms with Crippen molar-refractivity contribution >= 4 is 29.9 Å². The molecule has 1 aliphatic rings. The number of nitro groups is 1. The molecule has 126 valence electrons. The van der Waals surface area contributed by atoms with Gasteiger partial charge in [0, 0.05) is 25.3 Å². The Hall–Kier alpha value is -1.78. The van der Waals surface area contributed by atoms with Crippen LogP contribution in [0.1, 0.15) is 6.92 Å². The lowest BCUT2D eigenvalue weighted by molar-refractivity contribution is -0.384. The second-order valence-corrected chi connectivity index (χ2v) is 12.8. The number of carbonyl (C=O) groups excluding carboxylic acids is 1. The highest BCUT2D eigenvalue weighted by Crippen LogP contribution is 2.30. The number of benzene rings is 1. The van der Waals surface area contributed by atoms with Crippen LogP contribution in [-0.4, -0.2) is 55.6 Å². The average Bonchev–Trinajstić information content (AvgIpc) is 2.44. The number of amides is 1. The van der Waals surface area contributed by atoms with E-state index in [4.69, 9.17) is 0 Å². The van der Waals surface area contributed by atoms with E-state index in [1.54, 1.807) is 18.9 Å². The number of likely N-dealkylation sites (N-methyl/N-ethyl adjacent to an activating group) is 1. The first-order valence-electron chi connectivity index (χ1n) is 7.02. The summed E-state index contributed by atoms with van der Waals surface area (Å²) in [4.78, 5) is 23.8. The van der Waals surface area contributed by atoms with Crippen LogP contribution >= 0.6 is 0 Å². The summed E-state index contributed by atoms with van der Waals surface area (Å²) in [6.45, 7) is 5.35. The van der Waals surface area contributed by atoms with E-state index < -0.39 is 29.2 Å². The van der Waals surface area contributed by atoms with E-state index in [0.29, 0.717) is 6.17 Å². The number of nitrogens with zero attached hydrogens (tertiary/aromatic N) is 3. The maximum absolute atomic E-state index is 13.0. The summed E-state index contributed by atoms with van der Waals surface area (Å²) in [5, 5.41) is 10.7. The van der Waals surface area contributed by atoms with E-state index in [1.165, 1.54) is 16.1 Å². The first-order chi connectivity index (χ1) is 10.5. The van der Waals surface area contributed by atoms with Gasteiger partial charge < -0.3 is 4.90 Å². The molecule has 0 radical (unpaired) electrons. The van der Waals surface area contributed by atoms with Gasteiger partial charge in [0.05, 0.1) is 15.9 Å². The van der Waals surface area contributed by atoms with Gasteiger partial charge in [-0.25, -0.2) is 12.4 Å². The Balaban J connectivity index is 2.48. The second-order valence-electron chi connectivity index (χ2n) is 6.23. The van der Waals surface area contributed by atoms with Crippen LogP contribution in [0, 0.1) is 10.1 Å². The zero-order valence-electron chi connectivity index (χ0n) is 13.4. The van der Waals surface area contributed by atoms with Gasteiger partial charge in [0.25, 0.3) is 5.69 Å². The zero-order valence-corrected chi connectivity index (χ0v) is 15.2. The van der Waals surface area contributed by atoms with E-state index >= 15 is 0 Å². The predicted molar refractivity (Wildman–Crippen MR) is 86.7 cm³/mol. The monoisotopic (exact) mass is 357 g/mol. The fourth-order valence-electron chi connectivity index (χ4n) is 3.06. The van der Waals surface area contributed by atoms with Crippen molar-refractivity contribution in [3.63, 3.8) is 0 Å². The molecule has 10 heteroatoms. The standard InChI is InChI=1S/C13H19N3O5SSi/c1-10-13(17)14(2)9-23(3,4)16(10)22(20,21)12-7-5-11(6-8-12)15(18)19/h5-8,10H,9H2,1-4H3/t10-/m0/s1. The molecule has 1 heterocycles. The van der Waals surface area contributed by atoms with Crippen LogP contribution in [0.2, 0.25) is 13.1 Å². The molecular weight excluding hydrogens is 338 g/mol. The number of non-ortho nitro benzene ring substituents is 1. The highest BCUT2D eigenvalue weighted by atomic mass is 32.2. The third-order valence-corrected chi connectivity index (χ3v) is 10.6. The first kappa shape index (κ1) is 17.6. The van der Waals surface area contributed by atoms with Gasteiger partial charge in [0.2, 0.25) is 15.9 Å². The molecule has 0 unspecified atom stereocenters. The van der Waals surface area contributed by atoms with Crippen molar-refractivity contribution in [2.75, 3.05) is 13.2 Å². The van der Waals surface area contributed by atoms with Crippen molar-refractivity contribution in [2.24, 2.45) is 0 Å². The van der Waals surface area contributed by atoms with Crippen LogP contribution < -0.4 is 0 Å². The molecule has 1 aliphatic heterocycles. The Bertz CT molecular complexity index is 747. The van der Waals surface area contributed by atoms with Gasteiger partial charge >= 0.3 is 0 Å². The van der Waals surface area contributed by atoms with Gasteiger partial charge in [-0.1, -0.05) is 13.1 Å². The van der Waals surface area contributed by atoms with Gasteiger partial charge in [0.15, 0.2) is 8.24 Å². The normalized spacial score (nSPS) is 22.2. The Labute approximate surface area is 136 Å². The van der Waals surface area contributed by atoms with E-state index in [9.17, 15) is 23.3 Å². The van der Waals surface area contributed by atoms with Crippen LogP contribution in [0.15, 0.2) is 29.2 Å². The quantitative estimate of drug-likeness (QED) is 0.459. The Morgan fingerprint density at radius 3 is 2.26 bits per heavy atom. The minimum absolute atomic E-state index is 0.0344. The molecule has 8 nitrogen and oxygen atoms in total. The molecule has 1 amide bonds. The number of rotatable bonds is 3. The van der Waals surface area contributed by atoms with Crippen molar-refractivity contribution < 1.29 is 18.1 Å². The molecule has 0 aliphatic carbocycles. The smallest absolute Gasteiger partial charge is 0.269 e. The van der Waals surface area contributed by atoms with Gasteiger partial charge in [-0.05, 0) is 19.1 Å². The van der Waals surface area contributed by atoms with Gasteiger partial charge in [0.1, 0.15) is 0 Å². The van der Waals surface area contributed by atoms with Gasteiger partial charge in [-0.15, -0.1) is 0 Å². The molecule has 23 heavy (non-hydrogen) atoms. The van der Waals surface area contributed by atoms with Gasteiger partial charge in [-0.2, -0.15) is 0 Å². The van der Waals surface area contributed by atoms with Crippen molar-refractivity contribution in [1.82, 2.24) is 8.87 Å². The second kappa shape index (κ2) is 5.69. The number of sulfonamides is 1. The highest BCUT2D eigenvalue weighted by Gasteiger charge is 2.49. The topological polar surface area (TPSA) is 101 Å². The summed E-state index contributed by atoms with van der Waals surface area (Å²) in [5.41, 5.74) is -0.178. The fourth-order valence-corrected chi connectivity index (χ4v) is 9.98. The first-order valence-corrected chi connectivity index (χ1v) is 11.6. The molecule has 0 N–H and O–H groups in total. The van der Waals surface area contributed by atoms with Crippen molar-refractivity contribution in [2.45, 2.75) is 31.0 Å². The summed E-state index contributed by atoms with van der Waals surface area (Å²) >= 11 is 0. The molecule has 0 spiro atoms. The lowest BCUT2D eigenvalue weighted by Gasteiger charge is -2.46. The SMILES string of the molecule is C[C@H]1C(=O)N(C)C[Si](C)(C)N1S(=O)(=O)c1ccc([N+](=O)[O-])cc1. The number of hydrogen-bond acceptors (Lipinski definition) is 5.